The van der Waals surface area contributed by atoms with Crippen molar-refractivity contribution in [2.75, 3.05) is 26.2 Å². The summed E-state index contributed by atoms with van der Waals surface area (Å²) >= 11 is 6.86. The zero-order valence-corrected chi connectivity index (χ0v) is 19.8. The van der Waals surface area contributed by atoms with E-state index in [1.807, 2.05) is 30.3 Å². The van der Waals surface area contributed by atoms with Gasteiger partial charge in [0.25, 0.3) is 0 Å². The Morgan fingerprint density at radius 3 is 2.50 bits per heavy atom. The van der Waals surface area contributed by atoms with Crippen LogP contribution in [-0.4, -0.2) is 41.4 Å². The van der Waals surface area contributed by atoms with Gasteiger partial charge in [-0.2, -0.15) is 0 Å². The van der Waals surface area contributed by atoms with E-state index >= 15 is 0 Å². The molecule has 0 radical (unpaired) electrons. The molecule has 2 aliphatic heterocycles. The van der Waals surface area contributed by atoms with Gasteiger partial charge in [0.2, 0.25) is 0 Å². The van der Waals surface area contributed by atoms with E-state index in [-0.39, 0.29) is 11.5 Å². The summed E-state index contributed by atoms with van der Waals surface area (Å²) in [6, 6.07) is 19.7. The fourth-order valence-corrected chi connectivity index (χ4v) is 4.93. The molecule has 3 aromatic carbocycles. The van der Waals surface area contributed by atoms with Crippen molar-refractivity contribution >= 4 is 22.2 Å². The van der Waals surface area contributed by atoms with Crippen LogP contribution in [0.2, 0.25) is 0 Å². The molecule has 1 fully saturated rings. The van der Waals surface area contributed by atoms with Gasteiger partial charge in [-0.1, -0.05) is 49.2 Å². The average molecular weight is 478 g/mol. The first-order valence-electron chi connectivity index (χ1n) is 11.7. The zero-order chi connectivity index (χ0) is 23.7. The number of halogens is 1. The Balaban J connectivity index is 1.38. The number of phenols is 2. The van der Waals surface area contributed by atoms with Crippen LogP contribution in [0.5, 0.6) is 23.0 Å². The normalized spacial score (nSPS) is 18.2. The van der Waals surface area contributed by atoms with E-state index in [2.05, 4.69) is 11.8 Å². The van der Waals surface area contributed by atoms with Gasteiger partial charge in [-0.25, -0.2) is 0 Å². The number of hydrogen-bond donors (Lipinski definition) is 2. The lowest BCUT2D eigenvalue weighted by molar-refractivity contribution is 0.0806. The smallest absolute Gasteiger partial charge is 0.151 e. The van der Waals surface area contributed by atoms with E-state index < -0.39 is 6.10 Å². The van der Waals surface area contributed by atoms with Crippen molar-refractivity contribution < 1.29 is 19.7 Å². The van der Waals surface area contributed by atoms with Crippen LogP contribution in [0.3, 0.4) is 0 Å². The van der Waals surface area contributed by atoms with Crippen LogP contribution >= 0.6 is 11.6 Å². The van der Waals surface area contributed by atoms with Crippen LogP contribution in [-0.2, 0) is 0 Å². The highest BCUT2D eigenvalue weighted by molar-refractivity contribution is 6.53. The SMILES string of the molecule is CCC1CN(CCOc2ccc(C3Oc4ccc(O)cc4C(Cl)=C3c3cccc(O)c3)cc2)C1. The lowest BCUT2D eigenvalue weighted by Gasteiger charge is -2.38. The largest absolute Gasteiger partial charge is 0.508 e. The van der Waals surface area contributed by atoms with Gasteiger partial charge in [0.1, 0.15) is 29.6 Å². The van der Waals surface area contributed by atoms with E-state index in [0.29, 0.717) is 23.0 Å². The Bertz CT molecular complexity index is 1200. The van der Waals surface area contributed by atoms with Gasteiger partial charge < -0.3 is 19.7 Å². The average Bonchev–Trinajstić information content (AvgIpc) is 2.81. The number of likely N-dealkylation sites (tertiary alicyclic amines) is 1. The molecule has 2 N–H and O–H groups in total. The van der Waals surface area contributed by atoms with Crippen molar-refractivity contribution in [1.82, 2.24) is 4.90 Å². The Morgan fingerprint density at radius 1 is 1.00 bits per heavy atom. The second-order valence-corrected chi connectivity index (χ2v) is 9.29. The standard InChI is InChI=1S/C28H28ClNO4/c1-2-18-16-30(17-18)12-13-33-23-9-6-19(7-10-23)28-26(20-4-3-5-21(31)14-20)27(29)24-15-22(32)8-11-25(24)34-28/h3-11,14-15,18,28,31-32H,2,12-13,16-17H2,1H3. The molecule has 176 valence electrons. The van der Waals surface area contributed by atoms with E-state index in [1.165, 1.54) is 19.5 Å². The Morgan fingerprint density at radius 2 is 1.76 bits per heavy atom. The van der Waals surface area contributed by atoms with Crippen molar-refractivity contribution in [3.63, 3.8) is 0 Å². The summed E-state index contributed by atoms with van der Waals surface area (Å²) in [5, 5.41) is 20.5. The molecule has 1 atom stereocenters. The van der Waals surface area contributed by atoms with Crippen LogP contribution in [0.15, 0.2) is 66.7 Å². The van der Waals surface area contributed by atoms with Crippen LogP contribution in [0, 0.1) is 5.92 Å². The van der Waals surface area contributed by atoms with Gasteiger partial charge >= 0.3 is 0 Å². The lowest BCUT2D eigenvalue weighted by Crippen LogP contribution is -2.47. The van der Waals surface area contributed by atoms with Gasteiger partial charge in [-0.15, -0.1) is 0 Å². The summed E-state index contributed by atoms with van der Waals surface area (Å²) in [6.45, 7) is 6.18. The van der Waals surface area contributed by atoms with Gasteiger partial charge in [0.15, 0.2) is 6.10 Å². The highest BCUT2D eigenvalue weighted by Gasteiger charge is 2.31. The maximum absolute atomic E-state index is 10.1. The van der Waals surface area contributed by atoms with E-state index in [4.69, 9.17) is 21.1 Å². The van der Waals surface area contributed by atoms with E-state index in [9.17, 15) is 10.2 Å². The molecular weight excluding hydrogens is 450 g/mol. The highest BCUT2D eigenvalue weighted by Crippen LogP contribution is 2.49. The number of nitrogens with zero attached hydrogens (tertiary/aromatic N) is 1. The molecule has 0 amide bonds. The summed E-state index contributed by atoms with van der Waals surface area (Å²) < 4.78 is 12.3. The molecule has 5 nitrogen and oxygen atoms in total. The van der Waals surface area contributed by atoms with Crippen molar-refractivity contribution in [1.29, 1.82) is 0 Å². The second kappa shape index (κ2) is 9.61. The molecule has 1 unspecified atom stereocenters. The first-order chi connectivity index (χ1) is 16.5. The fourth-order valence-electron chi connectivity index (χ4n) is 4.57. The van der Waals surface area contributed by atoms with Gasteiger partial charge in [-0.05, 0) is 59.5 Å². The van der Waals surface area contributed by atoms with Crippen LogP contribution in [0.25, 0.3) is 10.6 Å². The third-order valence-corrected chi connectivity index (χ3v) is 6.98. The number of hydrogen-bond acceptors (Lipinski definition) is 5. The summed E-state index contributed by atoms with van der Waals surface area (Å²) in [7, 11) is 0. The molecule has 2 heterocycles. The molecule has 0 saturated carbocycles. The van der Waals surface area contributed by atoms with Crippen LogP contribution in [0.4, 0.5) is 0 Å². The van der Waals surface area contributed by atoms with Crippen molar-refractivity contribution in [3.8, 4) is 23.0 Å². The molecule has 0 aromatic heterocycles. The van der Waals surface area contributed by atoms with Crippen LogP contribution < -0.4 is 9.47 Å². The Labute approximate surface area is 204 Å². The number of ether oxygens (including phenoxy) is 2. The van der Waals surface area contributed by atoms with Gasteiger partial charge in [-0.3, -0.25) is 4.90 Å². The summed E-state index contributed by atoms with van der Waals surface area (Å²) in [6.07, 6.45) is 0.768. The van der Waals surface area contributed by atoms with Crippen LogP contribution in [0.1, 0.15) is 36.1 Å². The third kappa shape index (κ3) is 4.59. The molecule has 0 aliphatic carbocycles. The maximum atomic E-state index is 10.1. The molecule has 1 saturated heterocycles. The third-order valence-electron chi connectivity index (χ3n) is 6.57. The van der Waals surface area contributed by atoms with E-state index in [0.717, 1.165) is 34.9 Å². The molecular formula is C28H28ClNO4. The first-order valence-corrected chi connectivity index (χ1v) is 12.0. The Hall–Kier alpha value is -3.15. The minimum Gasteiger partial charge on any atom is -0.508 e. The molecule has 5 rings (SSSR count). The monoisotopic (exact) mass is 477 g/mol. The summed E-state index contributed by atoms with van der Waals surface area (Å²) in [5.41, 5.74) is 3.01. The summed E-state index contributed by atoms with van der Waals surface area (Å²) in [4.78, 5) is 2.42. The quantitative estimate of drug-likeness (QED) is 0.433. The predicted molar refractivity (Wildman–Crippen MR) is 134 cm³/mol. The van der Waals surface area contributed by atoms with Crippen molar-refractivity contribution in [2.24, 2.45) is 5.92 Å². The first kappa shape index (κ1) is 22.6. The number of phenolic OH excluding ortho intramolecular Hbond substituents is 2. The predicted octanol–water partition coefficient (Wildman–Crippen LogP) is 6.06. The zero-order valence-electron chi connectivity index (χ0n) is 19.1. The number of benzene rings is 3. The molecule has 34 heavy (non-hydrogen) atoms. The van der Waals surface area contributed by atoms with Gasteiger partial charge in [0, 0.05) is 30.8 Å². The highest BCUT2D eigenvalue weighted by atomic mass is 35.5. The van der Waals surface area contributed by atoms with Crippen molar-refractivity contribution in [2.45, 2.75) is 19.4 Å². The molecule has 0 spiro atoms. The topological polar surface area (TPSA) is 62.2 Å². The molecule has 6 heteroatoms. The number of fused-ring (bicyclic) bond motifs is 1. The molecule has 0 bridgehead atoms. The lowest BCUT2D eigenvalue weighted by atomic mass is 9.90. The maximum Gasteiger partial charge on any atom is 0.151 e. The fraction of sp³-hybridized carbons (Fsp3) is 0.286. The van der Waals surface area contributed by atoms with Gasteiger partial charge in [0.05, 0.1) is 5.03 Å². The Kier molecular flexibility index (Phi) is 6.40. The second-order valence-electron chi connectivity index (χ2n) is 8.91. The minimum atomic E-state index is -0.479. The number of aromatic hydroxyl groups is 2. The number of rotatable bonds is 7. The molecule has 3 aromatic rings. The summed E-state index contributed by atoms with van der Waals surface area (Å²) in [5.74, 6) is 2.50. The van der Waals surface area contributed by atoms with Crippen molar-refractivity contribution in [3.05, 3.63) is 83.4 Å². The minimum absolute atomic E-state index is 0.110. The molecule has 2 aliphatic rings. The van der Waals surface area contributed by atoms with E-state index in [1.54, 1.807) is 36.4 Å².